The fraction of sp³-hybridized carbons (Fsp3) is 0.650. The molecule has 5 heteroatoms. The van der Waals surface area contributed by atoms with Crippen LogP contribution in [0.4, 0.5) is 0 Å². The first kappa shape index (κ1) is 18.4. The van der Waals surface area contributed by atoms with E-state index in [1.165, 1.54) is 5.56 Å². The molecule has 0 aromatic heterocycles. The second-order valence-electron chi connectivity index (χ2n) is 7.60. The highest BCUT2D eigenvalue weighted by atomic mass is 16.3. The van der Waals surface area contributed by atoms with Crippen LogP contribution in [-0.4, -0.2) is 66.7 Å². The smallest absolute Gasteiger partial charge is 0.251 e. The monoisotopic (exact) mass is 345 g/mol. The average Bonchev–Trinajstić information content (AvgIpc) is 2.63. The zero-order valence-corrected chi connectivity index (χ0v) is 15.3. The van der Waals surface area contributed by atoms with E-state index in [1.54, 1.807) is 0 Å². The summed E-state index contributed by atoms with van der Waals surface area (Å²) in [5, 5.41) is 13.1. The third-order valence-electron chi connectivity index (χ3n) is 5.59. The van der Waals surface area contributed by atoms with E-state index < -0.39 is 0 Å². The summed E-state index contributed by atoms with van der Waals surface area (Å²) >= 11 is 0. The minimum Gasteiger partial charge on any atom is -0.393 e. The van der Waals surface area contributed by atoms with E-state index in [2.05, 4.69) is 28.2 Å². The molecule has 1 saturated carbocycles. The number of hydrogen-bond acceptors (Lipinski definition) is 4. The van der Waals surface area contributed by atoms with Crippen molar-refractivity contribution in [3.8, 4) is 0 Å². The molecule has 2 atom stereocenters. The Morgan fingerprint density at radius 2 is 1.96 bits per heavy atom. The van der Waals surface area contributed by atoms with Crippen LogP contribution in [0.2, 0.25) is 0 Å². The lowest BCUT2D eigenvalue weighted by molar-refractivity contribution is 0.0663. The maximum absolute atomic E-state index is 12.5. The number of rotatable bonds is 5. The van der Waals surface area contributed by atoms with Gasteiger partial charge in [0.15, 0.2) is 0 Å². The van der Waals surface area contributed by atoms with E-state index in [9.17, 15) is 9.90 Å². The number of amides is 1. The molecule has 1 saturated heterocycles. The summed E-state index contributed by atoms with van der Waals surface area (Å²) < 4.78 is 0. The van der Waals surface area contributed by atoms with Crippen LogP contribution >= 0.6 is 0 Å². The Bertz CT molecular complexity index is 570. The highest BCUT2D eigenvalue weighted by Crippen LogP contribution is 2.23. The van der Waals surface area contributed by atoms with Gasteiger partial charge in [-0.2, -0.15) is 0 Å². The van der Waals surface area contributed by atoms with Gasteiger partial charge in [0.05, 0.1) is 6.10 Å². The molecular formula is C20H31N3O2. The van der Waals surface area contributed by atoms with Crippen molar-refractivity contribution in [2.24, 2.45) is 5.92 Å². The van der Waals surface area contributed by atoms with E-state index >= 15 is 0 Å². The molecule has 25 heavy (non-hydrogen) atoms. The molecule has 0 spiro atoms. The predicted octanol–water partition coefficient (Wildman–Crippen LogP) is 1.71. The van der Waals surface area contributed by atoms with Gasteiger partial charge >= 0.3 is 0 Å². The minimum absolute atomic E-state index is 0.0296. The van der Waals surface area contributed by atoms with Crippen LogP contribution < -0.4 is 5.32 Å². The lowest BCUT2D eigenvalue weighted by atomic mass is 9.86. The molecule has 0 bridgehead atoms. The summed E-state index contributed by atoms with van der Waals surface area (Å²) in [6.45, 7) is 5.83. The Hall–Kier alpha value is -1.43. The minimum atomic E-state index is -0.266. The van der Waals surface area contributed by atoms with Crippen LogP contribution in [0.3, 0.4) is 0 Å². The number of benzene rings is 1. The lowest BCUT2D eigenvalue weighted by Crippen LogP contribution is -2.43. The molecule has 0 radical (unpaired) electrons. The van der Waals surface area contributed by atoms with Crippen molar-refractivity contribution in [1.82, 2.24) is 15.1 Å². The maximum atomic E-state index is 12.5. The molecule has 1 aliphatic carbocycles. The Labute approximate surface area is 151 Å². The van der Waals surface area contributed by atoms with Crippen molar-refractivity contribution in [3.05, 3.63) is 35.4 Å². The third kappa shape index (κ3) is 5.27. The molecule has 0 unspecified atom stereocenters. The topological polar surface area (TPSA) is 55.8 Å². The molecular weight excluding hydrogens is 314 g/mol. The number of nitrogens with one attached hydrogen (secondary N) is 1. The van der Waals surface area contributed by atoms with Gasteiger partial charge in [0.25, 0.3) is 5.91 Å². The number of aliphatic hydroxyl groups is 1. The molecule has 1 amide bonds. The second-order valence-corrected chi connectivity index (χ2v) is 7.60. The van der Waals surface area contributed by atoms with Gasteiger partial charge in [-0.15, -0.1) is 0 Å². The SMILES string of the molecule is CN1CCN(Cc2cccc(C(=O)NC[C@H]3CCCC[C@@H]3O)c2)CC1. The molecule has 1 aromatic rings. The zero-order valence-electron chi connectivity index (χ0n) is 15.3. The average molecular weight is 345 g/mol. The predicted molar refractivity (Wildman–Crippen MR) is 99.5 cm³/mol. The van der Waals surface area contributed by atoms with E-state index in [4.69, 9.17) is 0 Å². The van der Waals surface area contributed by atoms with Crippen LogP contribution in [-0.2, 0) is 6.54 Å². The maximum Gasteiger partial charge on any atom is 0.251 e. The van der Waals surface area contributed by atoms with Crippen molar-refractivity contribution in [1.29, 1.82) is 0 Å². The van der Waals surface area contributed by atoms with Crippen LogP contribution in [0, 0.1) is 5.92 Å². The number of hydrogen-bond donors (Lipinski definition) is 2. The van der Waals surface area contributed by atoms with E-state index in [-0.39, 0.29) is 17.9 Å². The zero-order chi connectivity index (χ0) is 17.6. The summed E-state index contributed by atoms with van der Waals surface area (Å²) in [6.07, 6.45) is 3.85. The van der Waals surface area contributed by atoms with Crippen LogP contribution in [0.15, 0.2) is 24.3 Å². The van der Waals surface area contributed by atoms with Crippen LogP contribution in [0.1, 0.15) is 41.6 Å². The van der Waals surface area contributed by atoms with Gasteiger partial charge in [0, 0.05) is 50.7 Å². The number of nitrogens with zero attached hydrogens (tertiary/aromatic N) is 2. The molecule has 5 nitrogen and oxygen atoms in total. The third-order valence-corrected chi connectivity index (χ3v) is 5.59. The van der Waals surface area contributed by atoms with Crippen molar-refractivity contribution in [3.63, 3.8) is 0 Å². The molecule has 2 N–H and O–H groups in total. The van der Waals surface area contributed by atoms with Gasteiger partial charge in [-0.05, 0) is 37.6 Å². The first-order valence-corrected chi connectivity index (χ1v) is 9.58. The Balaban J connectivity index is 1.52. The summed E-state index contributed by atoms with van der Waals surface area (Å²) in [4.78, 5) is 17.3. The summed E-state index contributed by atoms with van der Waals surface area (Å²) in [7, 11) is 2.16. The molecule has 1 aromatic carbocycles. The molecule has 3 rings (SSSR count). The van der Waals surface area contributed by atoms with Crippen molar-refractivity contribution >= 4 is 5.91 Å². The van der Waals surface area contributed by atoms with E-state index in [0.717, 1.165) is 64.0 Å². The lowest BCUT2D eigenvalue weighted by Gasteiger charge is -2.32. The number of likely N-dealkylation sites (N-methyl/N-ethyl adjacent to an activating group) is 1. The van der Waals surface area contributed by atoms with E-state index in [1.807, 2.05) is 18.2 Å². The Morgan fingerprint density at radius 1 is 1.20 bits per heavy atom. The molecule has 2 fully saturated rings. The molecule has 2 aliphatic rings. The number of carbonyl (C=O) groups excluding carboxylic acids is 1. The Kier molecular flexibility index (Phi) is 6.45. The first-order valence-electron chi connectivity index (χ1n) is 9.58. The van der Waals surface area contributed by atoms with Crippen molar-refractivity contribution in [2.45, 2.75) is 38.3 Å². The fourth-order valence-corrected chi connectivity index (χ4v) is 3.83. The largest absolute Gasteiger partial charge is 0.393 e. The van der Waals surface area contributed by atoms with Gasteiger partial charge < -0.3 is 15.3 Å². The number of aliphatic hydroxyl groups excluding tert-OH is 1. The van der Waals surface area contributed by atoms with Gasteiger partial charge in [-0.3, -0.25) is 9.69 Å². The summed E-state index contributed by atoms with van der Waals surface area (Å²) in [5.41, 5.74) is 1.91. The number of piperazine rings is 1. The molecule has 1 aliphatic heterocycles. The van der Waals surface area contributed by atoms with Gasteiger partial charge in [-0.1, -0.05) is 25.0 Å². The summed E-state index contributed by atoms with van der Waals surface area (Å²) in [5.74, 6) is 0.171. The highest BCUT2D eigenvalue weighted by molar-refractivity contribution is 5.94. The number of carbonyl (C=O) groups is 1. The summed E-state index contributed by atoms with van der Waals surface area (Å²) in [6, 6.07) is 7.95. The Morgan fingerprint density at radius 3 is 2.72 bits per heavy atom. The fourth-order valence-electron chi connectivity index (χ4n) is 3.83. The molecule has 138 valence electrons. The first-order chi connectivity index (χ1) is 12.1. The van der Waals surface area contributed by atoms with Crippen molar-refractivity contribution < 1.29 is 9.90 Å². The van der Waals surface area contributed by atoms with Gasteiger partial charge in [-0.25, -0.2) is 0 Å². The second kappa shape index (κ2) is 8.79. The highest BCUT2D eigenvalue weighted by Gasteiger charge is 2.23. The standard InChI is InChI=1S/C20H31N3O2/c1-22-9-11-23(12-10-22)15-16-5-4-7-17(13-16)20(25)21-14-18-6-2-3-8-19(18)24/h4-5,7,13,18-19,24H,2-3,6,8-12,14-15H2,1H3,(H,21,25)/t18-,19+/m1/s1. The molecule has 1 heterocycles. The quantitative estimate of drug-likeness (QED) is 0.853. The van der Waals surface area contributed by atoms with Crippen LogP contribution in [0.25, 0.3) is 0 Å². The van der Waals surface area contributed by atoms with Crippen molar-refractivity contribution in [2.75, 3.05) is 39.8 Å². The van der Waals surface area contributed by atoms with E-state index in [0.29, 0.717) is 6.54 Å². The van der Waals surface area contributed by atoms with Crippen LogP contribution in [0.5, 0.6) is 0 Å². The normalized spacial score (nSPS) is 25.7. The van der Waals surface area contributed by atoms with Gasteiger partial charge in [0.1, 0.15) is 0 Å². The van der Waals surface area contributed by atoms with Gasteiger partial charge in [0.2, 0.25) is 0 Å².